The van der Waals surface area contributed by atoms with Gasteiger partial charge in [0.25, 0.3) is 0 Å². The van der Waals surface area contributed by atoms with Gasteiger partial charge >= 0.3 is 5.97 Å². The zero-order valence-electron chi connectivity index (χ0n) is 12.8. The van der Waals surface area contributed by atoms with Crippen molar-refractivity contribution >= 4 is 11.9 Å². The number of carbonyl (C=O) groups is 1. The van der Waals surface area contributed by atoms with Crippen LogP contribution < -0.4 is 4.90 Å². The molecule has 0 fully saturated rings. The summed E-state index contributed by atoms with van der Waals surface area (Å²) < 4.78 is 0. The van der Waals surface area contributed by atoms with Crippen LogP contribution in [-0.4, -0.2) is 27.6 Å². The van der Waals surface area contributed by atoms with Crippen molar-refractivity contribution in [3.63, 3.8) is 0 Å². The van der Waals surface area contributed by atoms with Gasteiger partial charge in [0.1, 0.15) is 0 Å². The van der Waals surface area contributed by atoms with E-state index in [-0.39, 0.29) is 11.6 Å². The Morgan fingerprint density at radius 3 is 2.64 bits per heavy atom. The quantitative estimate of drug-likeness (QED) is 0.943. The largest absolute Gasteiger partial charge is 0.477 e. The lowest BCUT2D eigenvalue weighted by Gasteiger charge is -2.29. The third-order valence-corrected chi connectivity index (χ3v) is 3.96. The van der Waals surface area contributed by atoms with Crippen molar-refractivity contribution in [1.29, 1.82) is 0 Å². The first kappa shape index (κ1) is 14.5. The van der Waals surface area contributed by atoms with Crippen LogP contribution in [0.3, 0.4) is 0 Å². The summed E-state index contributed by atoms with van der Waals surface area (Å²) in [4.78, 5) is 22.1. The van der Waals surface area contributed by atoms with E-state index in [2.05, 4.69) is 27.0 Å². The molecule has 2 aromatic rings. The van der Waals surface area contributed by atoms with Crippen molar-refractivity contribution in [3.05, 3.63) is 52.8 Å². The summed E-state index contributed by atoms with van der Waals surface area (Å²) in [6.07, 6.45) is 0.924. The number of aromatic carboxylic acids is 1. The molecule has 1 aromatic heterocycles. The number of hydrogen-bond acceptors (Lipinski definition) is 4. The van der Waals surface area contributed by atoms with Gasteiger partial charge in [0.15, 0.2) is 5.69 Å². The van der Waals surface area contributed by atoms with Crippen LogP contribution in [0.2, 0.25) is 0 Å². The molecule has 0 aliphatic carbocycles. The average molecular weight is 297 g/mol. The Morgan fingerprint density at radius 2 is 1.95 bits per heavy atom. The molecule has 0 unspecified atom stereocenters. The van der Waals surface area contributed by atoms with E-state index < -0.39 is 5.97 Å². The molecule has 3 rings (SSSR count). The van der Waals surface area contributed by atoms with Gasteiger partial charge in [-0.1, -0.05) is 38.1 Å². The Morgan fingerprint density at radius 1 is 1.23 bits per heavy atom. The van der Waals surface area contributed by atoms with Crippen molar-refractivity contribution in [3.8, 4) is 0 Å². The first-order valence-electron chi connectivity index (χ1n) is 7.48. The van der Waals surface area contributed by atoms with E-state index in [1.807, 2.05) is 26.0 Å². The maximum Gasteiger partial charge on any atom is 0.354 e. The van der Waals surface area contributed by atoms with Crippen molar-refractivity contribution in [2.45, 2.75) is 32.7 Å². The molecule has 1 N–H and O–H groups in total. The molecule has 0 spiro atoms. The summed E-state index contributed by atoms with van der Waals surface area (Å²) in [7, 11) is 0. The van der Waals surface area contributed by atoms with E-state index in [0.717, 1.165) is 25.2 Å². The van der Waals surface area contributed by atoms with Gasteiger partial charge in [0.2, 0.25) is 5.95 Å². The van der Waals surface area contributed by atoms with Crippen LogP contribution in [-0.2, 0) is 13.0 Å². The van der Waals surface area contributed by atoms with Gasteiger partial charge < -0.3 is 10.0 Å². The molecular formula is C17H19N3O2. The average Bonchev–Trinajstić information content (AvgIpc) is 2.53. The van der Waals surface area contributed by atoms with Crippen molar-refractivity contribution in [1.82, 2.24) is 9.97 Å². The number of hydrogen-bond donors (Lipinski definition) is 1. The summed E-state index contributed by atoms with van der Waals surface area (Å²) in [6, 6.07) is 9.88. The minimum Gasteiger partial charge on any atom is -0.477 e. The Balaban J connectivity index is 1.96. The van der Waals surface area contributed by atoms with Crippen LogP contribution in [0.25, 0.3) is 0 Å². The minimum absolute atomic E-state index is 0.0626. The molecule has 5 nitrogen and oxygen atoms in total. The maximum absolute atomic E-state index is 11.3. The number of aromatic nitrogens is 2. The van der Waals surface area contributed by atoms with Crippen LogP contribution in [0.1, 0.15) is 47.1 Å². The standard InChI is InChI=1S/C17H19N3O2/c1-11(2)14-9-15(16(21)22)19-17(18-14)20-8-7-12-5-3-4-6-13(12)10-20/h3-6,9,11H,7-8,10H2,1-2H3,(H,21,22). The van der Waals surface area contributed by atoms with E-state index in [0.29, 0.717) is 5.95 Å². The number of rotatable bonds is 3. The lowest BCUT2D eigenvalue weighted by Crippen LogP contribution is -2.32. The second kappa shape index (κ2) is 5.75. The van der Waals surface area contributed by atoms with Gasteiger partial charge in [-0.2, -0.15) is 0 Å². The Kier molecular flexibility index (Phi) is 3.79. The third kappa shape index (κ3) is 2.79. The molecule has 2 heterocycles. The van der Waals surface area contributed by atoms with Gasteiger partial charge in [-0.3, -0.25) is 0 Å². The van der Waals surface area contributed by atoms with E-state index in [9.17, 15) is 9.90 Å². The highest BCUT2D eigenvalue weighted by Gasteiger charge is 2.21. The van der Waals surface area contributed by atoms with Gasteiger partial charge in [-0.05, 0) is 29.5 Å². The molecule has 1 aliphatic heterocycles. The van der Waals surface area contributed by atoms with Crippen LogP contribution in [0.4, 0.5) is 5.95 Å². The molecule has 114 valence electrons. The number of benzene rings is 1. The summed E-state index contributed by atoms with van der Waals surface area (Å²) in [6.45, 7) is 5.53. The fourth-order valence-corrected chi connectivity index (χ4v) is 2.67. The van der Waals surface area contributed by atoms with Gasteiger partial charge in [0.05, 0.1) is 0 Å². The topological polar surface area (TPSA) is 66.3 Å². The normalized spacial score (nSPS) is 14.0. The van der Waals surface area contributed by atoms with Crippen molar-refractivity contribution in [2.24, 2.45) is 0 Å². The van der Waals surface area contributed by atoms with E-state index in [1.54, 1.807) is 6.07 Å². The fraction of sp³-hybridized carbons (Fsp3) is 0.353. The van der Waals surface area contributed by atoms with Crippen LogP contribution in [0.5, 0.6) is 0 Å². The van der Waals surface area contributed by atoms with Crippen LogP contribution in [0.15, 0.2) is 30.3 Å². The second-order valence-electron chi connectivity index (χ2n) is 5.88. The molecule has 1 aromatic carbocycles. The van der Waals surface area contributed by atoms with Crippen LogP contribution >= 0.6 is 0 Å². The van der Waals surface area contributed by atoms with E-state index in [4.69, 9.17) is 0 Å². The molecule has 5 heteroatoms. The monoisotopic (exact) mass is 297 g/mol. The lowest BCUT2D eigenvalue weighted by molar-refractivity contribution is 0.0690. The highest BCUT2D eigenvalue weighted by molar-refractivity contribution is 5.85. The zero-order chi connectivity index (χ0) is 15.7. The highest BCUT2D eigenvalue weighted by Crippen LogP contribution is 2.24. The highest BCUT2D eigenvalue weighted by atomic mass is 16.4. The molecular weight excluding hydrogens is 278 g/mol. The zero-order valence-corrected chi connectivity index (χ0v) is 12.8. The SMILES string of the molecule is CC(C)c1cc(C(=O)O)nc(N2CCc3ccccc3C2)n1. The van der Waals surface area contributed by atoms with Crippen LogP contribution in [0, 0.1) is 0 Å². The van der Waals surface area contributed by atoms with E-state index >= 15 is 0 Å². The number of nitrogens with zero attached hydrogens (tertiary/aromatic N) is 3. The summed E-state index contributed by atoms with van der Waals surface area (Å²) in [5.74, 6) is -0.335. The van der Waals surface area contributed by atoms with Crippen molar-refractivity contribution in [2.75, 3.05) is 11.4 Å². The summed E-state index contributed by atoms with van der Waals surface area (Å²) in [5, 5.41) is 9.26. The maximum atomic E-state index is 11.3. The summed E-state index contributed by atoms with van der Waals surface area (Å²) in [5.41, 5.74) is 3.43. The third-order valence-electron chi connectivity index (χ3n) is 3.96. The predicted molar refractivity (Wildman–Crippen MR) is 84.3 cm³/mol. The molecule has 0 bridgehead atoms. The number of fused-ring (bicyclic) bond motifs is 1. The molecule has 0 radical (unpaired) electrons. The predicted octanol–water partition coefficient (Wildman–Crippen LogP) is 2.86. The number of carboxylic acids is 1. The first-order chi connectivity index (χ1) is 10.5. The molecule has 22 heavy (non-hydrogen) atoms. The Hall–Kier alpha value is -2.43. The fourth-order valence-electron chi connectivity index (χ4n) is 2.67. The second-order valence-corrected chi connectivity index (χ2v) is 5.88. The lowest BCUT2D eigenvalue weighted by atomic mass is 10.0. The molecule has 0 saturated heterocycles. The van der Waals surface area contributed by atoms with Gasteiger partial charge in [-0.25, -0.2) is 14.8 Å². The molecule has 0 saturated carbocycles. The first-order valence-corrected chi connectivity index (χ1v) is 7.48. The van der Waals surface area contributed by atoms with Crippen molar-refractivity contribution < 1.29 is 9.90 Å². The van der Waals surface area contributed by atoms with E-state index in [1.165, 1.54) is 11.1 Å². The van der Waals surface area contributed by atoms with Gasteiger partial charge in [0, 0.05) is 18.8 Å². The molecule has 1 aliphatic rings. The molecule has 0 atom stereocenters. The smallest absolute Gasteiger partial charge is 0.354 e. The Bertz CT molecular complexity index is 713. The number of anilines is 1. The van der Waals surface area contributed by atoms with Gasteiger partial charge in [-0.15, -0.1) is 0 Å². The summed E-state index contributed by atoms with van der Waals surface area (Å²) >= 11 is 0. The molecule has 0 amide bonds. The number of carboxylic acid groups (broad SMARTS) is 1. The minimum atomic E-state index is -1.01. The Labute approximate surface area is 129 Å².